The summed E-state index contributed by atoms with van der Waals surface area (Å²) in [5.41, 5.74) is 1.90. The number of para-hydroxylation sites is 1. The van der Waals surface area contributed by atoms with Gasteiger partial charge in [0.25, 0.3) is 5.91 Å². The van der Waals surface area contributed by atoms with Crippen LogP contribution in [0.3, 0.4) is 0 Å². The smallest absolute Gasteiger partial charge is 0.258 e. The van der Waals surface area contributed by atoms with E-state index in [1.165, 1.54) is 12.1 Å². The minimum absolute atomic E-state index is 0.0888. The predicted molar refractivity (Wildman–Crippen MR) is 81.8 cm³/mol. The van der Waals surface area contributed by atoms with Crippen LogP contribution in [0.5, 0.6) is 11.5 Å². The molecule has 0 aliphatic carbocycles. The van der Waals surface area contributed by atoms with Gasteiger partial charge >= 0.3 is 0 Å². The van der Waals surface area contributed by atoms with Gasteiger partial charge in [-0.15, -0.1) is 0 Å². The molecule has 1 aromatic heterocycles. The number of phenolic OH excluding ortho intramolecular Hbond substituents is 2. The molecule has 1 aromatic carbocycles. The predicted octanol–water partition coefficient (Wildman–Crippen LogP) is 2.78. The lowest BCUT2D eigenvalue weighted by atomic mass is 10.1. The van der Waals surface area contributed by atoms with E-state index in [9.17, 15) is 15.0 Å². The quantitative estimate of drug-likeness (QED) is 0.836. The molecule has 5 heteroatoms. The molecular weight excluding hydrogens is 280 g/mol. The second kappa shape index (κ2) is 5.67. The normalized spacial score (nSPS) is 17.7. The Balaban J connectivity index is 1.93. The van der Waals surface area contributed by atoms with Crippen LogP contribution in [0, 0.1) is 6.92 Å². The van der Waals surface area contributed by atoms with Crippen molar-refractivity contribution in [2.24, 2.45) is 0 Å². The first-order chi connectivity index (χ1) is 10.6. The molecule has 1 fully saturated rings. The second-order valence-electron chi connectivity index (χ2n) is 5.53. The van der Waals surface area contributed by atoms with Gasteiger partial charge in [0.1, 0.15) is 0 Å². The molecule has 2 heterocycles. The minimum atomic E-state index is -0.365. The van der Waals surface area contributed by atoms with E-state index in [0.29, 0.717) is 6.54 Å². The number of pyridine rings is 1. The summed E-state index contributed by atoms with van der Waals surface area (Å²) in [6.07, 6.45) is 1.74. The van der Waals surface area contributed by atoms with Crippen molar-refractivity contribution in [1.82, 2.24) is 9.88 Å². The fourth-order valence-corrected chi connectivity index (χ4v) is 2.93. The Morgan fingerprint density at radius 3 is 2.77 bits per heavy atom. The molecule has 2 aromatic rings. The largest absolute Gasteiger partial charge is 0.504 e. The standard InChI is InChI=1S/C17H18N2O3/c1-11-5-2-7-13(18-11)14-8-4-10-19(14)17(22)12-6-3-9-15(20)16(12)21/h2-3,5-7,9,14,20-21H,4,8,10H2,1H3/t14-/m0/s1. The van der Waals surface area contributed by atoms with Crippen LogP contribution in [0.25, 0.3) is 0 Å². The van der Waals surface area contributed by atoms with Gasteiger partial charge in [-0.3, -0.25) is 9.78 Å². The average molecular weight is 298 g/mol. The van der Waals surface area contributed by atoms with Crippen LogP contribution in [-0.2, 0) is 0 Å². The molecule has 3 rings (SSSR count). The SMILES string of the molecule is Cc1cccc([C@@H]2CCCN2C(=O)c2cccc(O)c2O)n1. The van der Waals surface area contributed by atoms with E-state index in [2.05, 4.69) is 4.98 Å². The zero-order valence-corrected chi connectivity index (χ0v) is 12.4. The van der Waals surface area contributed by atoms with E-state index in [0.717, 1.165) is 24.2 Å². The molecule has 0 bridgehead atoms. The van der Waals surface area contributed by atoms with Crippen LogP contribution in [0.15, 0.2) is 36.4 Å². The lowest BCUT2D eigenvalue weighted by molar-refractivity contribution is 0.0729. The van der Waals surface area contributed by atoms with Crippen molar-refractivity contribution < 1.29 is 15.0 Å². The van der Waals surface area contributed by atoms with Crippen molar-refractivity contribution in [2.45, 2.75) is 25.8 Å². The van der Waals surface area contributed by atoms with Crippen LogP contribution in [0.4, 0.5) is 0 Å². The molecule has 0 saturated carbocycles. The van der Waals surface area contributed by atoms with E-state index in [1.54, 1.807) is 11.0 Å². The highest BCUT2D eigenvalue weighted by molar-refractivity contribution is 5.98. The van der Waals surface area contributed by atoms with Gasteiger partial charge in [0.2, 0.25) is 0 Å². The Morgan fingerprint density at radius 2 is 2.00 bits per heavy atom. The van der Waals surface area contributed by atoms with Crippen LogP contribution < -0.4 is 0 Å². The molecule has 0 radical (unpaired) electrons. The lowest BCUT2D eigenvalue weighted by Gasteiger charge is -2.25. The first-order valence-corrected chi connectivity index (χ1v) is 7.33. The van der Waals surface area contributed by atoms with E-state index in [1.807, 2.05) is 25.1 Å². The summed E-state index contributed by atoms with van der Waals surface area (Å²) in [6, 6.07) is 10.1. The van der Waals surface area contributed by atoms with E-state index in [-0.39, 0.29) is 29.0 Å². The lowest BCUT2D eigenvalue weighted by Crippen LogP contribution is -2.31. The summed E-state index contributed by atoms with van der Waals surface area (Å²) in [6.45, 7) is 2.54. The summed E-state index contributed by atoms with van der Waals surface area (Å²) >= 11 is 0. The van der Waals surface area contributed by atoms with Crippen molar-refractivity contribution in [2.75, 3.05) is 6.54 Å². The number of carbonyl (C=O) groups is 1. The molecule has 1 aliphatic rings. The minimum Gasteiger partial charge on any atom is -0.504 e. The number of aryl methyl sites for hydroxylation is 1. The van der Waals surface area contributed by atoms with E-state index < -0.39 is 0 Å². The van der Waals surface area contributed by atoms with Crippen molar-refractivity contribution >= 4 is 5.91 Å². The first kappa shape index (κ1) is 14.4. The summed E-state index contributed by atoms with van der Waals surface area (Å²) in [5, 5.41) is 19.5. The molecule has 1 amide bonds. The first-order valence-electron chi connectivity index (χ1n) is 7.33. The number of amides is 1. The number of aromatic hydroxyl groups is 2. The third-order valence-corrected chi connectivity index (χ3v) is 4.01. The van der Waals surface area contributed by atoms with E-state index >= 15 is 0 Å². The maximum atomic E-state index is 12.7. The maximum Gasteiger partial charge on any atom is 0.258 e. The number of rotatable bonds is 2. The Kier molecular flexibility index (Phi) is 3.71. The molecule has 22 heavy (non-hydrogen) atoms. The summed E-state index contributed by atoms with van der Waals surface area (Å²) in [5.74, 6) is -0.926. The number of likely N-dealkylation sites (tertiary alicyclic amines) is 1. The molecule has 114 valence electrons. The highest BCUT2D eigenvalue weighted by Gasteiger charge is 2.32. The Hall–Kier alpha value is -2.56. The number of hydrogen-bond acceptors (Lipinski definition) is 4. The second-order valence-corrected chi connectivity index (χ2v) is 5.53. The number of hydrogen-bond donors (Lipinski definition) is 2. The van der Waals surface area contributed by atoms with E-state index in [4.69, 9.17) is 0 Å². The van der Waals surface area contributed by atoms with Crippen molar-refractivity contribution in [3.8, 4) is 11.5 Å². The van der Waals surface area contributed by atoms with Crippen LogP contribution in [0.1, 0.15) is 40.6 Å². The van der Waals surface area contributed by atoms with Gasteiger partial charge in [-0.25, -0.2) is 0 Å². The highest BCUT2D eigenvalue weighted by atomic mass is 16.3. The molecule has 1 aliphatic heterocycles. The average Bonchev–Trinajstić information content (AvgIpc) is 2.99. The maximum absolute atomic E-state index is 12.7. The number of carbonyl (C=O) groups excluding carboxylic acids is 1. The number of phenols is 2. The summed E-state index contributed by atoms with van der Waals surface area (Å²) in [4.78, 5) is 18.9. The number of nitrogens with zero attached hydrogens (tertiary/aromatic N) is 2. The Morgan fingerprint density at radius 1 is 1.23 bits per heavy atom. The molecule has 2 N–H and O–H groups in total. The molecule has 5 nitrogen and oxygen atoms in total. The van der Waals surface area contributed by atoms with Gasteiger partial charge in [-0.05, 0) is 44.0 Å². The van der Waals surface area contributed by atoms with Gasteiger partial charge in [0, 0.05) is 12.2 Å². The van der Waals surface area contributed by atoms with Crippen LogP contribution in [0.2, 0.25) is 0 Å². The van der Waals surface area contributed by atoms with Crippen molar-refractivity contribution in [3.63, 3.8) is 0 Å². The number of benzene rings is 1. The molecule has 1 saturated heterocycles. The van der Waals surface area contributed by atoms with Crippen molar-refractivity contribution in [1.29, 1.82) is 0 Å². The zero-order chi connectivity index (χ0) is 15.7. The van der Waals surface area contributed by atoms with Gasteiger partial charge in [-0.1, -0.05) is 12.1 Å². The fraction of sp³-hybridized carbons (Fsp3) is 0.294. The molecule has 0 spiro atoms. The number of aromatic nitrogens is 1. The topological polar surface area (TPSA) is 73.7 Å². The Bertz CT molecular complexity index is 715. The third-order valence-electron chi connectivity index (χ3n) is 4.01. The zero-order valence-electron chi connectivity index (χ0n) is 12.4. The van der Waals surface area contributed by atoms with Gasteiger partial charge in [-0.2, -0.15) is 0 Å². The summed E-state index contributed by atoms with van der Waals surface area (Å²) in [7, 11) is 0. The van der Waals surface area contributed by atoms with Crippen molar-refractivity contribution in [3.05, 3.63) is 53.3 Å². The molecule has 0 unspecified atom stereocenters. The highest BCUT2D eigenvalue weighted by Crippen LogP contribution is 2.35. The third kappa shape index (κ3) is 2.50. The van der Waals surface area contributed by atoms with Gasteiger partial charge in [0.05, 0.1) is 17.3 Å². The molecular formula is C17H18N2O3. The van der Waals surface area contributed by atoms with Crippen LogP contribution in [-0.4, -0.2) is 32.5 Å². The monoisotopic (exact) mass is 298 g/mol. The summed E-state index contributed by atoms with van der Waals surface area (Å²) < 4.78 is 0. The van der Waals surface area contributed by atoms with Crippen LogP contribution >= 0.6 is 0 Å². The Labute approximate surface area is 128 Å². The van der Waals surface area contributed by atoms with Gasteiger partial charge < -0.3 is 15.1 Å². The molecule has 1 atom stereocenters. The fourth-order valence-electron chi connectivity index (χ4n) is 2.93. The van der Waals surface area contributed by atoms with Gasteiger partial charge in [0.15, 0.2) is 11.5 Å².